The molecule has 2 aromatic carbocycles. The van der Waals surface area contributed by atoms with Crippen molar-refractivity contribution in [2.45, 2.75) is 12.1 Å². The number of aromatic hydroxyl groups is 1. The second kappa shape index (κ2) is 7.32. The summed E-state index contributed by atoms with van der Waals surface area (Å²) in [6, 6.07) is 13.9. The molecular formula is C24H18N4O4. The summed E-state index contributed by atoms with van der Waals surface area (Å²) >= 11 is 0. The van der Waals surface area contributed by atoms with Crippen LogP contribution in [-0.2, 0) is 11.3 Å². The molecule has 2 aromatic heterocycles. The number of imide groups is 1. The number of pyridine rings is 1. The van der Waals surface area contributed by atoms with Gasteiger partial charge >= 0.3 is 6.03 Å². The predicted octanol–water partition coefficient (Wildman–Crippen LogP) is 2.53. The van der Waals surface area contributed by atoms with Crippen molar-refractivity contribution in [2.75, 3.05) is 7.11 Å². The van der Waals surface area contributed by atoms with Crippen molar-refractivity contribution < 1.29 is 19.4 Å². The molecule has 1 fully saturated rings. The Balaban J connectivity index is 1.56. The van der Waals surface area contributed by atoms with Gasteiger partial charge in [0, 0.05) is 34.1 Å². The zero-order chi connectivity index (χ0) is 22.3. The van der Waals surface area contributed by atoms with E-state index < -0.39 is 17.5 Å². The molecule has 158 valence electrons. The van der Waals surface area contributed by atoms with Crippen molar-refractivity contribution in [1.29, 1.82) is 0 Å². The molecule has 1 aliphatic rings. The van der Waals surface area contributed by atoms with Gasteiger partial charge in [-0.1, -0.05) is 17.9 Å². The first-order chi connectivity index (χ1) is 15.5. The average Bonchev–Trinajstić information content (AvgIpc) is 3.26. The van der Waals surface area contributed by atoms with Crippen LogP contribution in [0.5, 0.6) is 11.6 Å². The van der Waals surface area contributed by atoms with E-state index >= 15 is 0 Å². The van der Waals surface area contributed by atoms with Crippen LogP contribution in [0.4, 0.5) is 4.79 Å². The Morgan fingerprint density at radius 3 is 2.81 bits per heavy atom. The Morgan fingerprint density at radius 2 is 2.03 bits per heavy atom. The lowest BCUT2D eigenvalue weighted by molar-refractivity contribution is -0.122. The van der Waals surface area contributed by atoms with Crippen LogP contribution in [-0.4, -0.2) is 39.2 Å². The Labute approximate surface area is 182 Å². The third-order valence-electron chi connectivity index (χ3n) is 5.44. The molecule has 0 aliphatic carbocycles. The highest BCUT2D eigenvalue weighted by atomic mass is 16.5. The number of aromatic nitrogens is 2. The molecule has 8 nitrogen and oxygen atoms in total. The number of nitrogens with zero attached hydrogens (tertiary/aromatic N) is 2. The second-order valence-electron chi connectivity index (χ2n) is 7.51. The second-order valence-corrected chi connectivity index (χ2v) is 7.51. The standard InChI is InChI=1S/C24H18N4O4/c1-32-18-6-5-17-13-28(21(29)19(17)12-18)14-24(22(30)26-23(31)27-24)9-8-15-4-7-20-16(11-15)3-2-10-25-20/h2-7,10-13,29H,14H2,1H3,(H2,26,27,30,31)/t24-/m0/s1. The first-order valence-corrected chi connectivity index (χ1v) is 9.85. The monoisotopic (exact) mass is 426 g/mol. The molecule has 4 aromatic rings. The molecule has 0 unspecified atom stereocenters. The number of rotatable bonds is 3. The van der Waals surface area contributed by atoms with Gasteiger partial charge in [0.15, 0.2) is 5.88 Å². The summed E-state index contributed by atoms with van der Waals surface area (Å²) in [6.45, 7) is -0.0739. The van der Waals surface area contributed by atoms with Gasteiger partial charge in [-0.3, -0.25) is 15.1 Å². The normalized spacial score (nSPS) is 17.7. The van der Waals surface area contributed by atoms with Crippen LogP contribution in [0.3, 0.4) is 0 Å². The van der Waals surface area contributed by atoms with Gasteiger partial charge in [-0.15, -0.1) is 0 Å². The van der Waals surface area contributed by atoms with Crippen LogP contribution in [0.1, 0.15) is 5.56 Å². The van der Waals surface area contributed by atoms with Crippen LogP contribution >= 0.6 is 0 Å². The Kier molecular flexibility index (Phi) is 4.45. The maximum absolute atomic E-state index is 12.7. The molecule has 3 amide bonds. The lowest BCUT2D eigenvalue weighted by atomic mass is 9.99. The fraction of sp³-hybridized carbons (Fsp3) is 0.125. The Morgan fingerprint density at radius 1 is 1.16 bits per heavy atom. The van der Waals surface area contributed by atoms with Crippen molar-refractivity contribution in [2.24, 2.45) is 0 Å². The molecule has 1 aliphatic heterocycles. The average molecular weight is 426 g/mol. The number of hydrogen-bond donors (Lipinski definition) is 3. The van der Waals surface area contributed by atoms with E-state index in [0.717, 1.165) is 16.3 Å². The van der Waals surface area contributed by atoms with Crippen LogP contribution in [0.2, 0.25) is 0 Å². The fourth-order valence-corrected chi connectivity index (χ4v) is 3.79. The van der Waals surface area contributed by atoms with E-state index in [9.17, 15) is 14.7 Å². The molecule has 32 heavy (non-hydrogen) atoms. The number of carbonyl (C=O) groups excluding carboxylic acids is 2. The minimum absolute atomic E-state index is 0.0502. The molecule has 3 N–H and O–H groups in total. The van der Waals surface area contributed by atoms with E-state index in [1.165, 1.54) is 4.57 Å². The van der Waals surface area contributed by atoms with Crippen LogP contribution in [0.25, 0.3) is 21.7 Å². The molecule has 1 saturated heterocycles. The number of benzene rings is 2. The van der Waals surface area contributed by atoms with Gasteiger partial charge in [-0.25, -0.2) is 4.79 Å². The van der Waals surface area contributed by atoms with E-state index in [1.807, 2.05) is 24.3 Å². The lowest BCUT2D eigenvalue weighted by Crippen LogP contribution is -2.49. The molecule has 5 rings (SSSR count). The topological polar surface area (TPSA) is 105 Å². The van der Waals surface area contributed by atoms with Gasteiger partial charge in [0.1, 0.15) is 5.75 Å². The van der Waals surface area contributed by atoms with Gasteiger partial charge in [0.05, 0.1) is 19.2 Å². The Bertz CT molecular complexity index is 1460. The summed E-state index contributed by atoms with van der Waals surface area (Å²) in [4.78, 5) is 29.0. The maximum Gasteiger partial charge on any atom is 0.323 e. The van der Waals surface area contributed by atoms with Crippen molar-refractivity contribution >= 4 is 33.6 Å². The van der Waals surface area contributed by atoms with Crippen LogP contribution in [0.15, 0.2) is 60.9 Å². The van der Waals surface area contributed by atoms with Gasteiger partial charge in [0.25, 0.3) is 5.91 Å². The van der Waals surface area contributed by atoms with Gasteiger partial charge < -0.3 is 19.7 Å². The summed E-state index contributed by atoms with van der Waals surface area (Å²) in [5.41, 5.74) is -0.0399. The number of carbonyl (C=O) groups is 2. The van der Waals surface area contributed by atoms with Crippen molar-refractivity contribution in [3.8, 4) is 23.5 Å². The number of methoxy groups -OCH3 is 1. The quantitative estimate of drug-likeness (QED) is 0.345. The highest BCUT2D eigenvalue weighted by Gasteiger charge is 2.46. The number of nitrogens with one attached hydrogen (secondary N) is 2. The summed E-state index contributed by atoms with van der Waals surface area (Å²) < 4.78 is 6.72. The van der Waals surface area contributed by atoms with E-state index in [1.54, 1.807) is 43.8 Å². The number of urea groups is 1. The lowest BCUT2D eigenvalue weighted by Gasteiger charge is -2.20. The molecule has 0 saturated carbocycles. The minimum atomic E-state index is -1.54. The summed E-state index contributed by atoms with van der Waals surface area (Å²) in [7, 11) is 1.54. The fourth-order valence-electron chi connectivity index (χ4n) is 3.79. The number of amides is 3. The van der Waals surface area contributed by atoms with E-state index in [0.29, 0.717) is 16.7 Å². The molecule has 8 heteroatoms. The number of hydrogen-bond acceptors (Lipinski definition) is 5. The van der Waals surface area contributed by atoms with Crippen LogP contribution in [0, 0.1) is 11.8 Å². The third-order valence-corrected chi connectivity index (χ3v) is 5.44. The van der Waals surface area contributed by atoms with Gasteiger partial charge in [-0.05, 0) is 42.5 Å². The Hall–Kier alpha value is -4.51. The summed E-state index contributed by atoms with van der Waals surface area (Å²) in [5, 5.41) is 17.9. The number of fused-ring (bicyclic) bond motifs is 2. The summed E-state index contributed by atoms with van der Waals surface area (Å²) in [6.07, 6.45) is 3.41. The van der Waals surface area contributed by atoms with Crippen molar-refractivity contribution in [3.63, 3.8) is 0 Å². The molecule has 0 spiro atoms. The first kappa shape index (κ1) is 19.5. The van der Waals surface area contributed by atoms with Crippen LogP contribution < -0.4 is 15.4 Å². The minimum Gasteiger partial charge on any atom is -0.497 e. The zero-order valence-electron chi connectivity index (χ0n) is 17.0. The third kappa shape index (κ3) is 3.26. The molecular weight excluding hydrogens is 408 g/mol. The SMILES string of the molecule is COc1ccc2cn(C[C@]3(C#Cc4ccc5ncccc5c4)NC(=O)NC3=O)c(O)c2c1. The molecule has 1 atom stereocenters. The molecule has 0 bridgehead atoms. The van der Waals surface area contributed by atoms with Gasteiger partial charge in [-0.2, -0.15) is 0 Å². The smallest absolute Gasteiger partial charge is 0.323 e. The van der Waals surface area contributed by atoms with Crippen molar-refractivity contribution in [3.05, 3.63) is 66.5 Å². The molecule has 3 heterocycles. The van der Waals surface area contributed by atoms with E-state index in [-0.39, 0.29) is 12.4 Å². The van der Waals surface area contributed by atoms with Crippen molar-refractivity contribution in [1.82, 2.24) is 20.2 Å². The van der Waals surface area contributed by atoms with E-state index in [4.69, 9.17) is 4.74 Å². The highest BCUT2D eigenvalue weighted by Crippen LogP contribution is 2.32. The predicted molar refractivity (Wildman–Crippen MR) is 118 cm³/mol. The van der Waals surface area contributed by atoms with Gasteiger partial charge in [0.2, 0.25) is 5.54 Å². The summed E-state index contributed by atoms with van der Waals surface area (Å²) in [5.74, 6) is 5.89. The maximum atomic E-state index is 12.7. The zero-order valence-corrected chi connectivity index (χ0v) is 17.0. The highest BCUT2D eigenvalue weighted by molar-refractivity contribution is 6.09. The largest absolute Gasteiger partial charge is 0.497 e. The van der Waals surface area contributed by atoms with E-state index in [2.05, 4.69) is 27.5 Å². The molecule has 0 radical (unpaired) electrons. The first-order valence-electron chi connectivity index (χ1n) is 9.85. The number of ether oxygens (including phenoxy) is 1.